The molecule has 126 valence electrons. The highest BCUT2D eigenvalue weighted by Crippen LogP contribution is 2.61. The maximum atomic E-state index is 4.66. The van der Waals surface area contributed by atoms with Gasteiger partial charge in [0.15, 0.2) is 0 Å². The van der Waals surface area contributed by atoms with Gasteiger partial charge in [-0.2, -0.15) is 0 Å². The van der Waals surface area contributed by atoms with E-state index in [0.29, 0.717) is 5.41 Å². The van der Waals surface area contributed by atoms with Gasteiger partial charge in [0.2, 0.25) is 0 Å². The molecule has 6 rings (SSSR count). The predicted molar refractivity (Wildman–Crippen MR) is 97.7 cm³/mol. The van der Waals surface area contributed by atoms with Crippen LogP contribution in [0.1, 0.15) is 56.2 Å². The summed E-state index contributed by atoms with van der Waals surface area (Å²) >= 11 is 0. The number of benzene rings is 1. The molecule has 1 heterocycles. The van der Waals surface area contributed by atoms with Crippen molar-refractivity contribution in [1.82, 2.24) is 9.97 Å². The minimum absolute atomic E-state index is 0.669. The van der Waals surface area contributed by atoms with E-state index in [-0.39, 0.29) is 0 Å². The Bertz CT molecular complexity index is 707. The molecular formula is C22H28N2. The molecule has 4 aliphatic carbocycles. The molecule has 4 bridgehead atoms. The number of nitrogens with one attached hydrogen (secondary N) is 1. The molecule has 1 aromatic heterocycles. The van der Waals surface area contributed by atoms with Crippen molar-refractivity contribution in [2.45, 2.75) is 58.3 Å². The standard InChI is InChI=1S/C22H28N2/c1-15-4-2-3-5-20(15)21-23-14-19(24-21)6-7-22-11-16-8-17(12-22)10-18(9-16)13-22/h2-5,14,16-18H,6-13H2,1H3,(H,23,24). The van der Waals surface area contributed by atoms with Gasteiger partial charge in [-0.15, -0.1) is 0 Å². The maximum Gasteiger partial charge on any atom is 0.137 e. The van der Waals surface area contributed by atoms with E-state index in [9.17, 15) is 0 Å². The Kier molecular flexibility index (Phi) is 3.36. The molecule has 0 unspecified atom stereocenters. The van der Waals surface area contributed by atoms with Gasteiger partial charge >= 0.3 is 0 Å². The minimum atomic E-state index is 0.669. The average Bonchev–Trinajstić information content (AvgIpc) is 3.01. The zero-order valence-corrected chi connectivity index (χ0v) is 14.7. The van der Waals surface area contributed by atoms with Gasteiger partial charge in [-0.05, 0) is 87.0 Å². The van der Waals surface area contributed by atoms with Crippen LogP contribution >= 0.6 is 0 Å². The number of nitrogens with zero attached hydrogens (tertiary/aromatic N) is 1. The van der Waals surface area contributed by atoms with Crippen molar-refractivity contribution < 1.29 is 0 Å². The number of rotatable bonds is 4. The second-order valence-corrected chi connectivity index (χ2v) is 8.99. The summed E-state index contributed by atoms with van der Waals surface area (Å²) < 4.78 is 0. The zero-order valence-electron chi connectivity index (χ0n) is 14.7. The van der Waals surface area contributed by atoms with Crippen LogP contribution in [0.2, 0.25) is 0 Å². The SMILES string of the molecule is Cc1ccccc1-c1ncc(CCC23CC4CC(CC(C4)C2)C3)[nH]1. The molecule has 1 N–H and O–H groups in total. The summed E-state index contributed by atoms with van der Waals surface area (Å²) in [7, 11) is 0. The van der Waals surface area contributed by atoms with Gasteiger partial charge in [-0.3, -0.25) is 0 Å². The van der Waals surface area contributed by atoms with Crippen LogP contribution in [0.25, 0.3) is 11.4 Å². The van der Waals surface area contributed by atoms with Crippen LogP contribution in [-0.2, 0) is 6.42 Å². The number of imidazole rings is 1. The maximum absolute atomic E-state index is 4.66. The molecule has 2 nitrogen and oxygen atoms in total. The van der Waals surface area contributed by atoms with Crippen molar-refractivity contribution in [1.29, 1.82) is 0 Å². The molecular weight excluding hydrogens is 292 g/mol. The topological polar surface area (TPSA) is 28.7 Å². The molecule has 0 atom stereocenters. The lowest BCUT2D eigenvalue weighted by Crippen LogP contribution is -2.46. The van der Waals surface area contributed by atoms with Crippen molar-refractivity contribution in [3.8, 4) is 11.4 Å². The van der Waals surface area contributed by atoms with E-state index in [2.05, 4.69) is 47.4 Å². The number of aromatic nitrogens is 2. The second-order valence-electron chi connectivity index (χ2n) is 8.99. The van der Waals surface area contributed by atoms with Crippen LogP contribution in [-0.4, -0.2) is 9.97 Å². The van der Waals surface area contributed by atoms with E-state index in [1.165, 1.54) is 48.9 Å². The van der Waals surface area contributed by atoms with E-state index >= 15 is 0 Å². The molecule has 24 heavy (non-hydrogen) atoms. The predicted octanol–water partition coefficient (Wildman–Crippen LogP) is 5.53. The molecule has 1 aromatic carbocycles. The van der Waals surface area contributed by atoms with Gasteiger partial charge in [0.25, 0.3) is 0 Å². The van der Waals surface area contributed by atoms with E-state index in [1.54, 1.807) is 19.3 Å². The zero-order chi connectivity index (χ0) is 16.1. The summed E-state index contributed by atoms with van der Waals surface area (Å²) in [5, 5.41) is 0. The van der Waals surface area contributed by atoms with Gasteiger partial charge in [-0.25, -0.2) is 4.98 Å². The first-order valence-electron chi connectivity index (χ1n) is 9.79. The molecule has 0 radical (unpaired) electrons. The summed E-state index contributed by atoms with van der Waals surface area (Å²) in [6, 6.07) is 8.51. The number of hydrogen-bond donors (Lipinski definition) is 1. The van der Waals surface area contributed by atoms with E-state index < -0.39 is 0 Å². The summed E-state index contributed by atoms with van der Waals surface area (Å²) in [5.41, 5.74) is 4.52. The van der Waals surface area contributed by atoms with Crippen LogP contribution in [0.5, 0.6) is 0 Å². The minimum Gasteiger partial charge on any atom is -0.342 e. The van der Waals surface area contributed by atoms with Gasteiger partial charge in [0, 0.05) is 17.5 Å². The third kappa shape index (κ3) is 2.51. The Morgan fingerprint density at radius 1 is 1.04 bits per heavy atom. The van der Waals surface area contributed by atoms with Crippen molar-refractivity contribution >= 4 is 0 Å². The van der Waals surface area contributed by atoms with Gasteiger partial charge < -0.3 is 4.98 Å². The number of aryl methyl sites for hydroxylation is 2. The highest BCUT2D eigenvalue weighted by atomic mass is 14.9. The van der Waals surface area contributed by atoms with Crippen LogP contribution in [0, 0.1) is 30.1 Å². The highest BCUT2D eigenvalue weighted by Gasteiger charge is 2.50. The number of H-pyrrole nitrogens is 1. The van der Waals surface area contributed by atoms with E-state index in [4.69, 9.17) is 0 Å². The lowest BCUT2D eigenvalue weighted by Gasteiger charge is -2.57. The molecule has 2 heteroatoms. The molecule has 0 amide bonds. The largest absolute Gasteiger partial charge is 0.342 e. The van der Waals surface area contributed by atoms with Crippen molar-refractivity contribution in [2.24, 2.45) is 23.2 Å². The smallest absolute Gasteiger partial charge is 0.137 e. The Labute approximate surface area is 145 Å². The van der Waals surface area contributed by atoms with Crippen LogP contribution in [0.3, 0.4) is 0 Å². The molecule has 0 saturated heterocycles. The first-order chi connectivity index (χ1) is 11.7. The lowest BCUT2D eigenvalue weighted by atomic mass is 9.48. The van der Waals surface area contributed by atoms with Gasteiger partial charge in [0.05, 0.1) is 0 Å². The molecule has 0 spiro atoms. The van der Waals surface area contributed by atoms with E-state index in [0.717, 1.165) is 23.6 Å². The summed E-state index contributed by atoms with van der Waals surface area (Å²) in [4.78, 5) is 8.25. The first-order valence-corrected chi connectivity index (χ1v) is 9.79. The van der Waals surface area contributed by atoms with Crippen LogP contribution in [0.4, 0.5) is 0 Å². The summed E-state index contributed by atoms with van der Waals surface area (Å²) in [5.74, 6) is 4.20. The first kappa shape index (κ1) is 14.7. The Morgan fingerprint density at radius 3 is 2.38 bits per heavy atom. The van der Waals surface area contributed by atoms with Gasteiger partial charge in [-0.1, -0.05) is 24.3 Å². The Morgan fingerprint density at radius 2 is 1.71 bits per heavy atom. The van der Waals surface area contributed by atoms with Crippen molar-refractivity contribution in [3.63, 3.8) is 0 Å². The monoisotopic (exact) mass is 320 g/mol. The molecule has 0 aliphatic heterocycles. The molecule has 2 aromatic rings. The third-order valence-corrected chi connectivity index (χ3v) is 7.12. The van der Waals surface area contributed by atoms with Gasteiger partial charge in [0.1, 0.15) is 5.82 Å². The average molecular weight is 320 g/mol. The molecule has 4 saturated carbocycles. The fourth-order valence-electron chi connectivity index (χ4n) is 6.46. The fraction of sp³-hybridized carbons (Fsp3) is 0.591. The highest BCUT2D eigenvalue weighted by molar-refractivity contribution is 5.59. The summed E-state index contributed by atoms with van der Waals surface area (Å²) in [6.07, 6.45) is 13.8. The second kappa shape index (κ2) is 5.47. The number of hydrogen-bond acceptors (Lipinski definition) is 1. The Balaban J connectivity index is 1.30. The quantitative estimate of drug-likeness (QED) is 0.788. The van der Waals surface area contributed by atoms with Crippen molar-refractivity contribution in [3.05, 3.63) is 41.7 Å². The van der Waals surface area contributed by atoms with E-state index in [1.807, 2.05) is 0 Å². The van der Waals surface area contributed by atoms with Crippen LogP contribution in [0.15, 0.2) is 30.5 Å². The third-order valence-electron chi connectivity index (χ3n) is 7.12. The molecule has 4 aliphatic rings. The van der Waals surface area contributed by atoms with Crippen LogP contribution < -0.4 is 0 Å². The van der Waals surface area contributed by atoms with Crippen molar-refractivity contribution in [2.75, 3.05) is 0 Å². The molecule has 4 fully saturated rings. The fourth-order valence-corrected chi connectivity index (χ4v) is 6.46. The normalized spacial score (nSPS) is 34.0. The Hall–Kier alpha value is -1.57. The lowest BCUT2D eigenvalue weighted by molar-refractivity contribution is -0.0570. The summed E-state index contributed by atoms with van der Waals surface area (Å²) in [6.45, 7) is 2.16. The number of aromatic amines is 1.